The number of rotatable bonds is 2. The molecule has 0 spiro atoms. The molecule has 0 fully saturated rings. The Morgan fingerprint density at radius 2 is 2.24 bits per heavy atom. The Morgan fingerprint density at radius 1 is 1.47 bits per heavy atom. The lowest BCUT2D eigenvalue weighted by atomic mass is 10.3. The van der Waals surface area contributed by atoms with Gasteiger partial charge in [-0.05, 0) is 18.2 Å². The Hall–Kier alpha value is -1.88. The van der Waals surface area contributed by atoms with Crippen molar-refractivity contribution in [1.29, 1.82) is 0 Å². The summed E-state index contributed by atoms with van der Waals surface area (Å²) < 4.78 is 14.3. The first-order valence-corrected chi connectivity index (χ1v) is 5.19. The van der Waals surface area contributed by atoms with Gasteiger partial charge in [-0.2, -0.15) is 0 Å². The molecule has 0 bridgehead atoms. The molecule has 0 saturated heterocycles. The average Bonchev–Trinajstić information content (AvgIpc) is 2.30. The highest BCUT2D eigenvalue weighted by atomic mass is 35.5. The molecule has 17 heavy (non-hydrogen) atoms. The van der Waals surface area contributed by atoms with Gasteiger partial charge in [0.15, 0.2) is 5.82 Å². The number of nitrogens with zero attached hydrogens (tertiary/aromatic N) is 2. The van der Waals surface area contributed by atoms with Gasteiger partial charge in [0.2, 0.25) is 0 Å². The third-order valence-electron chi connectivity index (χ3n) is 2.20. The van der Waals surface area contributed by atoms with Crippen molar-refractivity contribution in [3.05, 3.63) is 51.8 Å². The van der Waals surface area contributed by atoms with Crippen molar-refractivity contribution in [3.8, 4) is 0 Å². The summed E-state index contributed by atoms with van der Waals surface area (Å²) in [6, 6.07) is 4.10. The number of halogens is 2. The second-order valence-corrected chi connectivity index (χ2v) is 3.85. The molecule has 4 nitrogen and oxygen atoms in total. The summed E-state index contributed by atoms with van der Waals surface area (Å²) in [6.07, 6.45) is 3.04. The van der Waals surface area contributed by atoms with Gasteiger partial charge < -0.3 is 9.88 Å². The third kappa shape index (κ3) is 2.45. The van der Waals surface area contributed by atoms with Crippen LogP contribution in [0.25, 0.3) is 0 Å². The second kappa shape index (κ2) is 4.55. The molecule has 1 aromatic carbocycles. The molecule has 2 aromatic rings. The van der Waals surface area contributed by atoms with Crippen molar-refractivity contribution in [2.24, 2.45) is 7.05 Å². The Labute approximate surface area is 102 Å². The van der Waals surface area contributed by atoms with Crippen LogP contribution in [0.2, 0.25) is 5.02 Å². The summed E-state index contributed by atoms with van der Waals surface area (Å²) in [5.41, 5.74) is 0.236. The Kier molecular flexibility index (Phi) is 3.10. The number of hydrogen-bond acceptors (Lipinski definition) is 3. The predicted octanol–water partition coefficient (Wildman–Crippen LogP) is 2.32. The molecule has 1 N–H and O–H groups in total. The van der Waals surface area contributed by atoms with Crippen molar-refractivity contribution < 1.29 is 4.39 Å². The molecule has 0 aliphatic rings. The van der Waals surface area contributed by atoms with Gasteiger partial charge in [-0.15, -0.1) is 0 Å². The highest BCUT2D eigenvalue weighted by molar-refractivity contribution is 6.31. The van der Waals surface area contributed by atoms with Crippen LogP contribution in [0.3, 0.4) is 0 Å². The van der Waals surface area contributed by atoms with Gasteiger partial charge in [-0.1, -0.05) is 11.6 Å². The molecule has 0 saturated carbocycles. The highest BCUT2D eigenvalue weighted by Gasteiger charge is 2.05. The fraction of sp³-hybridized carbons (Fsp3) is 0.0909. The molecule has 0 atom stereocenters. The summed E-state index contributed by atoms with van der Waals surface area (Å²) in [5, 5.41) is 2.77. The van der Waals surface area contributed by atoms with Crippen molar-refractivity contribution in [1.82, 2.24) is 9.55 Å². The van der Waals surface area contributed by atoms with Crippen molar-refractivity contribution in [3.63, 3.8) is 0 Å². The van der Waals surface area contributed by atoms with Gasteiger partial charge in [0.05, 0.1) is 5.02 Å². The number of anilines is 2. The molecule has 1 aromatic heterocycles. The topological polar surface area (TPSA) is 46.9 Å². The predicted molar refractivity (Wildman–Crippen MR) is 64.2 cm³/mol. The summed E-state index contributed by atoms with van der Waals surface area (Å²) in [7, 11) is 1.62. The summed E-state index contributed by atoms with van der Waals surface area (Å²) >= 11 is 5.63. The molecule has 1 heterocycles. The molecular formula is C11H9ClFN3O. The second-order valence-electron chi connectivity index (χ2n) is 3.45. The van der Waals surface area contributed by atoms with E-state index in [0.29, 0.717) is 5.69 Å². The van der Waals surface area contributed by atoms with Crippen LogP contribution in [0.5, 0.6) is 0 Å². The number of aryl methyl sites for hydroxylation is 1. The van der Waals surface area contributed by atoms with E-state index in [4.69, 9.17) is 11.6 Å². The maximum atomic E-state index is 12.9. The standard InChI is InChI=1S/C11H9ClFN3O/c1-16-5-4-14-10(11(16)17)15-7-2-3-9(13)8(12)6-7/h2-6H,1H3,(H,14,15). The van der Waals surface area contributed by atoms with Crippen molar-refractivity contribution in [2.45, 2.75) is 0 Å². The number of aromatic nitrogens is 2. The maximum Gasteiger partial charge on any atom is 0.293 e. The SMILES string of the molecule is Cn1ccnc(Nc2ccc(F)c(Cl)c2)c1=O. The van der Waals surface area contributed by atoms with E-state index in [2.05, 4.69) is 10.3 Å². The minimum Gasteiger partial charge on any atom is -0.336 e. The van der Waals surface area contributed by atoms with E-state index >= 15 is 0 Å². The first-order chi connectivity index (χ1) is 8.08. The zero-order valence-corrected chi connectivity index (χ0v) is 9.70. The molecule has 0 radical (unpaired) electrons. The van der Waals surface area contributed by atoms with E-state index in [0.717, 1.165) is 0 Å². The highest BCUT2D eigenvalue weighted by Crippen LogP contribution is 2.20. The largest absolute Gasteiger partial charge is 0.336 e. The van der Waals surface area contributed by atoms with Crippen molar-refractivity contribution in [2.75, 3.05) is 5.32 Å². The fourth-order valence-electron chi connectivity index (χ4n) is 1.29. The summed E-state index contributed by atoms with van der Waals surface area (Å²) in [4.78, 5) is 15.6. The number of benzene rings is 1. The van der Waals surface area contributed by atoms with Crippen LogP contribution < -0.4 is 10.9 Å². The lowest BCUT2D eigenvalue weighted by Crippen LogP contribution is -2.20. The van der Waals surface area contributed by atoms with Gasteiger partial charge in [-0.25, -0.2) is 9.37 Å². The molecule has 0 amide bonds. The molecule has 88 valence electrons. The monoisotopic (exact) mass is 253 g/mol. The molecule has 0 unspecified atom stereocenters. The van der Waals surface area contributed by atoms with Crippen molar-refractivity contribution >= 4 is 23.1 Å². The zero-order chi connectivity index (χ0) is 12.4. The van der Waals surface area contributed by atoms with Crippen LogP contribution in [0.4, 0.5) is 15.9 Å². The molecule has 0 aliphatic carbocycles. The lowest BCUT2D eigenvalue weighted by Gasteiger charge is -2.06. The van der Waals surface area contributed by atoms with E-state index < -0.39 is 5.82 Å². The quantitative estimate of drug-likeness (QED) is 0.893. The smallest absolute Gasteiger partial charge is 0.293 e. The number of hydrogen-bond donors (Lipinski definition) is 1. The first kappa shape index (κ1) is 11.6. The van der Waals surface area contributed by atoms with Gasteiger partial charge in [0, 0.05) is 25.1 Å². The molecule has 0 aliphatic heterocycles. The normalized spacial score (nSPS) is 10.3. The van der Waals surface area contributed by atoms with E-state index in [-0.39, 0.29) is 16.4 Å². The van der Waals surface area contributed by atoms with E-state index in [1.807, 2.05) is 0 Å². The van der Waals surface area contributed by atoms with E-state index in [1.54, 1.807) is 13.2 Å². The third-order valence-corrected chi connectivity index (χ3v) is 2.49. The first-order valence-electron chi connectivity index (χ1n) is 4.81. The fourth-order valence-corrected chi connectivity index (χ4v) is 1.47. The average molecular weight is 254 g/mol. The van der Waals surface area contributed by atoms with Gasteiger partial charge >= 0.3 is 0 Å². The van der Waals surface area contributed by atoms with Crippen LogP contribution in [0.15, 0.2) is 35.4 Å². The summed E-state index contributed by atoms with van der Waals surface area (Å²) in [6.45, 7) is 0. The Bertz CT molecular complexity index is 612. The van der Waals surface area contributed by atoms with Crippen LogP contribution in [-0.4, -0.2) is 9.55 Å². The Balaban J connectivity index is 2.35. The molecular weight excluding hydrogens is 245 g/mol. The van der Waals surface area contributed by atoms with Crippen LogP contribution >= 0.6 is 11.6 Å². The maximum absolute atomic E-state index is 12.9. The van der Waals surface area contributed by atoms with E-state index in [9.17, 15) is 9.18 Å². The minimum absolute atomic E-state index is 0.0113. The zero-order valence-electron chi connectivity index (χ0n) is 8.95. The molecule has 6 heteroatoms. The van der Waals surface area contributed by atoms with Crippen LogP contribution in [0.1, 0.15) is 0 Å². The lowest BCUT2D eigenvalue weighted by molar-refractivity contribution is 0.628. The van der Waals surface area contributed by atoms with E-state index in [1.165, 1.54) is 29.0 Å². The van der Waals surface area contributed by atoms with Crippen LogP contribution in [0, 0.1) is 5.82 Å². The molecule has 2 rings (SSSR count). The number of nitrogens with one attached hydrogen (secondary N) is 1. The van der Waals surface area contributed by atoms with Gasteiger partial charge in [0.25, 0.3) is 5.56 Å². The van der Waals surface area contributed by atoms with Crippen LogP contribution in [-0.2, 0) is 7.05 Å². The summed E-state index contributed by atoms with van der Waals surface area (Å²) in [5.74, 6) is -0.344. The van der Waals surface area contributed by atoms with Gasteiger partial charge in [-0.3, -0.25) is 4.79 Å². The Morgan fingerprint density at radius 3 is 2.94 bits per heavy atom. The minimum atomic E-state index is -0.508. The van der Waals surface area contributed by atoms with Gasteiger partial charge in [0.1, 0.15) is 5.82 Å².